The van der Waals surface area contributed by atoms with Crippen molar-refractivity contribution in [2.75, 3.05) is 0 Å². The van der Waals surface area contributed by atoms with E-state index < -0.39 is 0 Å². The van der Waals surface area contributed by atoms with Gasteiger partial charge in [-0.15, -0.1) is 11.3 Å². The number of para-hydroxylation sites is 3. The zero-order valence-electron chi connectivity index (χ0n) is 12.7. The number of hydrogen-bond donors (Lipinski definition) is 0. The lowest BCUT2D eigenvalue weighted by Gasteiger charge is -2.02. The molecule has 0 radical (unpaired) electrons. The second kappa shape index (κ2) is 7.07. The molecule has 0 amide bonds. The van der Waals surface area contributed by atoms with E-state index in [1.54, 1.807) is 23.1 Å². The van der Waals surface area contributed by atoms with Gasteiger partial charge in [-0.1, -0.05) is 42.1 Å². The summed E-state index contributed by atoms with van der Waals surface area (Å²) in [6.45, 7) is 0.488. The Hall–Kier alpha value is -2.31. The van der Waals surface area contributed by atoms with E-state index in [0.717, 1.165) is 33.3 Å². The van der Waals surface area contributed by atoms with Crippen molar-refractivity contribution in [3.8, 4) is 5.75 Å². The third-order valence-corrected chi connectivity index (χ3v) is 5.06. The first-order valence-electron chi connectivity index (χ1n) is 7.46. The third kappa shape index (κ3) is 3.60. The fourth-order valence-electron chi connectivity index (χ4n) is 2.19. The molecule has 2 aromatic heterocycles. The summed E-state index contributed by atoms with van der Waals surface area (Å²) in [4.78, 5) is 9.06. The largest absolute Gasteiger partial charge is 0.486 e. The molecule has 6 heteroatoms. The van der Waals surface area contributed by atoms with Crippen LogP contribution < -0.4 is 4.74 Å². The quantitative estimate of drug-likeness (QED) is 0.448. The minimum absolute atomic E-state index is 0.488. The molecule has 0 aliphatic heterocycles. The first-order chi connectivity index (χ1) is 11.9. The molecule has 0 N–H and O–H groups in total. The van der Waals surface area contributed by atoms with E-state index in [0.29, 0.717) is 11.8 Å². The van der Waals surface area contributed by atoms with Gasteiger partial charge in [-0.05, 0) is 24.3 Å². The molecule has 0 saturated heterocycles. The summed E-state index contributed by atoms with van der Waals surface area (Å²) >= 11 is 3.16. The minimum Gasteiger partial charge on any atom is -0.486 e. The first-order valence-corrected chi connectivity index (χ1v) is 9.33. The van der Waals surface area contributed by atoms with Crippen molar-refractivity contribution in [3.63, 3.8) is 0 Å². The average molecular weight is 354 g/mol. The van der Waals surface area contributed by atoms with Crippen LogP contribution in [0, 0.1) is 0 Å². The Morgan fingerprint density at radius 1 is 1.00 bits per heavy atom. The molecule has 120 valence electrons. The molecule has 24 heavy (non-hydrogen) atoms. The predicted molar refractivity (Wildman–Crippen MR) is 96.5 cm³/mol. The van der Waals surface area contributed by atoms with Gasteiger partial charge in [0.05, 0.1) is 5.69 Å². The number of ether oxygens (including phenoxy) is 1. The molecule has 0 aliphatic rings. The molecule has 0 aliphatic carbocycles. The highest BCUT2D eigenvalue weighted by Gasteiger charge is 2.08. The number of hydrogen-bond acceptors (Lipinski definition) is 6. The van der Waals surface area contributed by atoms with E-state index in [9.17, 15) is 0 Å². The zero-order chi connectivity index (χ0) is 16.2. The van der Waals surface area contributed by atoms with Gasteiger partial charge in [0.15, 0.2) is 5.58 Å². The van der Waals surface area contributed by atoms with E-state index in [-0.39, 0.29) is 0 Å². The second-order valence-corrected chi connectivity index (χ2v) is 6.94. The van der Waals surface area contributed by atoms with E-state index in [4.69, 9.17) is 9.15 Å². The summed E-state index contributed by atoms with van der Waals surface area (Å²) in [6, 6.07) is 17.5. The molecule has 0 fully saturated rings. The maximum absolute atomic E-state index is 5.72. The molecule has 0 atom stereocenters. The van der Waals surface area contributed by atoms with Crippen LogP contribution in [0.5, 0.6) is 5.75 Å². The highest BCUT2D eigenvalue weighted by atomic mass is 32.2. The Morgan fingerprint density at radius 3 is 2.71 bits per heavy atom. The Kier molecular flexibility index (Phi) is 4.49. The fourth-order valence-corrected chi connectivity index (χ4v) is 3.73. The number of fused-ring (bicyclic) bond motifs is 1. The van der Waals surface area contributed by atoms with Crippen LogP contribution in [0.4, 0.5) is 0 Å². The number of aromatic nitrogens is 2. The molecule has 4 aromatic rings. The van der Waals surface area contributed by atoms with Gasteiger partial charge < -0.3 is 9.15 Å². The van der Waals surface area contributed by atoms with Crippen molar-refractivity contribution >= 4 is 34.2 Å². The van der Waals surface area contributed by atoms with Gasteiger partial charge in [-0.3, -0.25) is 0 Å². The van der Waals surface area contributed by atoms with Crippen LogP contribution in [0.2, 0.25) is 0 Å². The van der Waals surface area contributed by atoms with Crippen molar-refractivity contribution in [1.29, 1.82) is 0 Å². The van der Waals surface area contributed by atoms with Gasteiger partial charge in [-0.25, -0.2) is 9.97 Å². The number of benzene rings is 2. The van der Waals surface area contributed by atoms with Crippen LogP contribution in [0.1, 0.15) is 10.7 Å². The summed E-state index contributed by atoms with van der Waals surface area (Å²) in [5.74, 6) is 1.59. The Balaban J connectivity index is 1.35. The monoisotopic (exact) mass is 354 g/mol. The van der Waals surface area contributed by atoms with Gasteiger partial charge in [0.1, 0.15) is 22.9 Å². The predicted octanol–water partition coefficient (Wildman–Crippen LogP) is 5.16. The molecule has 0 saturated carbocycles. The lowest BCUT2D eigenvalue weighted by atomic mass is 10.3. The van der Waals surface area contributed by atoms with Gasteiger partial charge in [0, 0.05) is 11.1 Å². The van der Waals surface area contributed by atoms with Crippen molar-refractivity contribution in [1.82, 2.24) is 9.97 Å². The van der Waals surface area contributed by atoms with Gasteiger partial charge >= 0.3 is 0 Å². The maximum atomic E-state index is 5.72. The summed E-state index contributed by atoms with van der Waals surface area (Å²) in [7, 11) is 0. The minimum atomic E-state index is 0.488. The van der Waals surface area contributed by atoms with Crippen LogP contribution in [-0.4, -0.2) is 9.97 Å². The van der Waals surface area contributed by atoms with Gasteiger partial charge in [0.25, 0.3) is 5.22 Å². The Bertz CT molecular complexity index is 901. The standard InChI is InChI=1S/C18H14N2O2S2/c1-2-6-14(7-3-1)21-10-17-19-13(11-23-17)12-24-18-20-15-8-4-5-9-16(15)22-18/h1-9,11H,10,12H2. The molecule has 4 rings (SSSR count). The number of thiazole rings is 1. The normalized spacial score (nSPS) is 11.0. The summed E-state index contributed by atoms with van der Waals surface area (Å²) in [5.41, 5.74) is 2.71. The maximum Gasteiger partial charge on any atom is 0.257 e. The van der Waals surface area contributed by atoms with Crippen molar-refractivity contribution in [2.45, 2.75) is 17.6 Å². The second-order valence-electron chi connectivity index (χ2n) is 5.07. The lowest BCUT2D eigenvalue weighted by molar-refractivity contribution is 0.305. The van der Waals surface area contributed by atoms with Gasteiger partial charge in [0.2, 0.25) is 0 Å². The van der Waals surface area contributed by atoms with E-state index >= 15 is 0 Å². The fraction of sp³-hybridized carbons (Fsp3) is 0.111. The summed E-state index contributed by atoms with van der Waals surface area (Å²) < 4.78 is 11.4. The molecule has 0 spiro atoms. The molecule has 2 heterocycles. The highest BCUT2D eigenvalue weighted by molar-refractivity contribution is 7.98. The Morgan fingerprint density at radius 2 is 1.83 bits per heavy atom. The SMILES string of the molecule is c1ccc(OCc2nc(CSc3nc4ccccc4o3)cs2)cc1. The average Bonchev–Trinajstić information content (AvgIpc) is 3.25. The molecular formula is C18H14N2O2S2. The van der Waals surface area contributed by atoms with E-state index in [2.05, 4.69) is 15.3 Å². The van der Waals surface area contributed by atoms with Crippen molar-refractivity contribution in [2.24, 2.45) is 0 Å². The molecule has 2 aromatic carbocycles. The van der Waals surface area contributed by atoms with Crippen LogP contribution in [0.15, 0.2) is 69.6 Å². The van der Waals surface area contributed by atoms with E-state index in [1.807, 2.05) is 54.6 Å². The third-order valence-electron chi connectivity index (χ3n) is 3.32. The number of rotatable bonds is 6. The number of nitrogens with zero attached hydrogens (tertiary/aromatic N) is 2. The Labute approximate surface area is 147 Å². The smallest absolute Gasteiger partial charge is 0.257 e. The van der Waals surface area contributed by atoms with Gasteiger partial charge in [-0.2, -0.15) is 0 Å². The number of oxazole rings is 1. The topological polar surface area (TPSA) is 48.2 Å². The van der Waals surface area contributed by atoms with Crippen LogP contribution in [-0.2, 0) is 12.4 Å². The summed E-state index contributed by atoms with van der Waals surface area (Å²) in [6.07, 6.45) is 0. The molecule has 0 bridgehead atoms. The van der Waals surface area contributed by atoms with E-state index in [1.165, 1.54) is 0 Å². The molecule has 4 nitrogen and oxygen atoms in total. The molecular weight excluding hydrogens is 340 g/mol. The highest BCUT2D eigenvalue weighted by Crippen LogP contribution is 2.26. The summed E-state index contributed by atoms with van der Waals surface area (Å²) in [5, 5.41) is 3.69. The van der Waals surface area contributed by atoms with Crippen molar-refractivity contribution in [3.05, 3.63) is 70.7 Å². The zero-order valence-corrected chi connectivity index (χ0v) is 14.3. The number of thioether (sulfide) groups is 1. The molecule has 0 unspecified atom stereocenters. The van der Waals surface area contributed by atoms with Crippen LogP contribution >= 0.6 is 23.1 Å². The van der Waals surface area contributed by atoms with Crippen molar-refractivity contribution < 1.29 is 9.15 Å². The van der Waals surface area contributed by atoms with Crippen LogP contribution in [0.25, 0.3) is 11.1 Å². The lowest BCUT2D eigenvalue weighted by Crippen LogP contribution is -1.94. The van der Waals surface area contributed by atoms with Crippen LogP contribution in [0.3, 0.4) is 0 Å². The first kappa shape index (κ1) is 15.2.